The van der Waals surface area contributed by atoms with E-state index in [0.29, 0.717) is 5.92 Å². The van der Waals surface area contributed by atoms with E-state index in [2.05, 4.69) is 22.2 Å². The molecular weight excluding hydrogens is 204 g/mol. The van der Waals surface area contributed by atoms with Crippen LogP contribution in [0.1, 0.15) is 25.5 Å². The van der Waals surface area contributed by atoms with Gasteiger partial charge < -0.3 is 16.2 Å². The number of hydrogen-bond donors (Lipinski definition) is 3. The lowest BCUT2D eigenvalue weighted by Gasteiger charge is -2.14. The lowest BCUT2D eigenvalue weighted by molar-refractivity contribution is 0.258. The summed E-state index contributed by atoms with van der Waals surface area (Å²) in [6.07, 6.45) is 1.84. The number of hydrogen-bond acceptors (Lipinski definition) is 5. The molecule has 1 aromatic rings. The van der Waals surface area contributed by atoms with Gasteiger partial charge in [0.25, 0.3) is 0 Å². The van der Waals surface area contributed by atoms with Crippen molar-refractivity contribution in [2.45, 2.75) is 26.7 Å². The molecule has 0 spiro atoms. The highest BCUT2D eigenvalue weighted by atomic mass is 16.3. The maximum Gasteiger partial charge on any atom is 0.222 e. The predicted octanol–water partition coefficient (Wildman–Crippen LogP) is 1.19. The van der Waals surface area contributed by atoms with Gasteiger partial charge in [0.15, 0.2) is 0 Å². The molecule has 1 unspecified atom stereocenters. The summed E-state index contributed by atoms with van der Waals surface area (Å²) in [5.41, 5.74) is 6.41. The number of aromatic nitrogens is 2. The van der Waals surface area contributed by atoms with E-state index in [0.717, 1.165) is 30.9 Å². The smallest absolute Gasteiger partial charge is 0.222 e. The first kappa shape index (κ1) is 12.7. The van der Waals surface area contributed by atoms with Crippen LogP contribution in [0.15, 0.2) is 6.07 Å². The van der Waals surface area contributed by atoms with Gasteiger partial charge in [0.2, 0.25) is 5.95 Å². The van der Waals surface area contributed by atoms with Crippen molar-refractivity contribution in [3.05, 3.63) is 11.8 Å². The normalized spacial score (nSPS) is 12.4. The van der Waals surface area contributed by atoms with Crippen molar-refractivity contribution in [3.63, 3.8) is 0 Å². The van der Waals surface area contributed by atoms with E-state index in [1.807, 2.05) is 13.0 Å². The number of rotatable bonds is 6. The number of nitrogen functional groups attached to an aromatic ring is 1. The minimum Gasteiger partial charge on any atom is -0.396 e. The van der Waals surface area contributed by atoms with Crippen molar-refractivity contribution in [2.24, 2.45) is 5.92 Å². The van der Waals surface area contributed by atoms with Crippen molar-refractivity contribution in [1.29, 1.82) is 0 Å². The molecule has 0 bridgehead atoms. The molecule has 90 valence electrons. The Morgan fingerprint density at radius 2 is 2.25 bits per heavy atom. The van der Waals surface area contributed by atoms with Crippen LogP contribution in [0.4, 0.5) is 11.8 Å². The van der Waals surface area contributed by atoms with Crippen LogP contribution in [0.25, 0.3) is 0 Å². The molecule has 0 aliphatic heterocycles. The first-order valence-corrected chi connectivity index (χ1v) is 5.61. The molecule has 1 aromatic heterocycles. The van der Waals surface area contributed by atoms with Crippen LogP contribution < -0.4 is 11.1 Å². The lowest BCUT2D eigenvalue weighted by Crippen LogP contribution is -2.16. The minimum absolute atomic E-state index is 0.227. The van der Waals surface area contributed by atoms with Crippen molar-refractivity contribution >= 4 is 11.8 Å². The second-order valence-corrected chi connectivity index (χ2v) is 3.92. The van der Waals surface area contributed by atoms with Crippen LogP contribution >= 0.6 is 0 Å². The fourth-order valence-corrected chi connectivity index (χ4v) is 1.56. The van der Waals surface area contributed by atoms with E-state index >= 15 is 0 Å². The Morgan fingerprint density at radius 1 is 1.50 bits per heavy atom. The second kappa shape index (κ2) is 6.27. The molecule has 1 heterocycles. The molecule has 1 atom stereocenters. The van der Waals surface area contributed by atoms with E-state index < -0.39 is 0 Å². The quantitative estimate of drug-likeness (QED) is 0.676. The molecule has 16 heavy (non-hydrogen) atoms. The Hall–Kier alpha value is -1.36. The van der Waals surface area contributed by atoms with Crippen LogP contribution in [0.3, 0.4) is 0 Å². The Morgan fingerprint density at radius 3 is 2.81 bits per heavy atom. The molecule has 0 aromatic carbocycles. The monoisotopic (exact) mass is 224 g/mol. The molecule has 5 heteroatoms. The summed E-state index contributed by atoms with van der Waals surface area (Å²) < 4.78 is 0. The molecule has 4 N–H and O–H groups in total. The van der Waals surface area contributed by atoms with Crippen LogP contribution in [-0.2, 0) is 0 Å². The predicted molar refractivity (Wildman–Crippen MR) is 65.2 cm³/mol. The number of anilines is 2. The zero-order valence-electron chi connectivity index (χ0n) is 9.90. The standard InChI is InChI=1S/C11H20N4O/c1-3-9(4-5-16)7-13-10-6-8(2)14-11(12)15-10/h6,9,16H,3-5,7H2,1-2H3,(H3,12,13,14,15). The summed E-state index contributed by atoms with van der Waals surface area (Å²) in [5.74, 6) is 1.50. The van der Waals surface area contributed by atoms with Gasteiger partial charge in [-0.25, -0.2) is 4.98 Å². The van der Waals surface area contributed by atoms with Crippen molar-refractivity contribution < 1.29 is 5.11 Å². The molecule has 5 nitrogen and oxygen atoms in total. The number of nitrogens with zero attached hydrogens (tertiary/aromatic N) is 2. The number of nitrogens with one attached hydrogen (secondary N) is 1. The first-order valence-electron chi connectivity index (χ1n) is 5.61. The summed E-state index contributed by atoms with van der Waals surface area (Å²) in [6, 6.07) is 1.86. The fourth-order valence-electron chi connectivity index (χ4n) is 1.56. The fraction of sp³-hybridized carbons (Fsp3) is 0.636. The highest BCUT2D eigenvalue weighted by Gasteiger charge is 2.06. The van der Waals surface area contributed by atoms with Crippen LogP contribution in [0, 0.1) is 12.8 Å². The molecule has 0 saturated heterocycles. The van der Waals surface area contributed by atoms with Gasteiger partial charge in [-0.15, -0.1) is 0 Å². The van der Waals surface area contributed by atoms with Gasteiger partial charge in [-0.2, -0.15) is 4.98 Å². The Balaban J connectivity index is 2.52. The average Bonchev–Trinajstić information content (AvgIpc) is 2.23. The highest BCUT2D eigenvalue weighted by molar-refractivity contribution is 5.40. The largest absolute Gasteiger partial charge is 0.396 e. The second-order valence-electron chi connectivity index (χ2n) is 3.92. The SMILES string of the molecule is CCC(CCO)CNc1cc(C)nc(N)n1. The van der Waals surface area contributed by atoms with Crippen LogP contribution in [0.2, 0.25) is 0 Å². The van der Waals surface area contributed by atoms with E-state index in [1.165, 1.54) is 0 Å². The molecule has 0 fully saturated rings. The number of nitrogens with two attached hydrogens (primary N) is 1. The van der Waals surface area contributed by atoms with Gasteiger partial charge >= 0.3 is 0 Å². The van der Waals surface area contributed by atoms with Gasteiger partial charge in [-0.05, 0) is 19.3 Å². The van der Waals surface area contributed by atoms with E-state index in [1.54, 1.807) is 0 Å². The Labute approximate surface area is 96.1 Å². The van der Waals surface area contributed by atoms with Crippen molar-refractivity contribution in [2.75, 3.05) is 24.2 Å². The zero-order valence-corrected chi connectivity index (χ0v) is 9.90. The number of aryl methyl sites for hydroxylation is 1. The number of aliphatic hydroxyl groups is 1. The third kappa shape index (κ3) is 4.02. The maximum atomic E-state index is 8.88. The van der Waals surface area contributed by atoms with Gasteiger partial charge in [-0.3, -0.25) is 0 Å². The summed E-state index contributed by atoms with van der Waals surface area (Å²) in [5, 5.41) is 12.1. The average molecular weight is 224 g/mol. The summed E-state index contributed by atoms with van der Waals surface area (Å²) in [6.45, 7) is 5.02. The molecular formula is C11H20N4O. The zero-order chi connectivity index (χ0) is 12.0. The third-order valence-electron chi connectivity index (χ3n) is 2.56. The van der Waals surface area contributed by atoms with Crippen molar-refractivity contribution in [3.8, 4) is 0 Å². The van der Waals surface area contributed by atoms with Gasteiger partial charge in [-0.1, -0.05) is 13.3 Å². The van der Waals surface area contributed by atoms with E-state index in [-0.39, 0.29) is 12.6 Å². The summed E-state index contributed by atoms with van der Waals surface area (Å²) >= 11 is 0. The molecule has 0 amide bonds. The Bertz CT molecular complexity index is 310. The van der Waals surface area contributed by atoms with E-state index in [4.69, 9.17) is 10.8 Å². The van der Waals surface area contributed by atoms with Gasteiger partial charge in [0, 0.05) is 24.9 Å². The topological polar surface area (TPSA) is 84.1 Å². The van der Waals surface area contributed by atoms with Crippen LogP contribution in [-0.4, -0.2) is 28.2 Å². The lowest BCUT2D eigenvalue weighted by atomic mass is 10.0. The molecule has 1 rings (SSSR count). The minimum atomic E-state index is 0.227. The van der Waals surface area contributed by atoms with Gasteiger partial charge in [0.1, 0.15) is 5.82 Å². The summed E-state index contributed by atoms with van der Waals surface area (Å²) in [7, 11) is 0. The molecule has 0 aliphatic carbocycles. The molecule has 0 saturated carbocycles. The Kier molecular flexibility index (Phi) is 4.98. The first-order chi connectivity index (χ1) is 7.65. The summed E-state index contributed by atoms with van der Waals surface area (Å²) in [4.78, 5) is 8.10. The number of aliphatic hydroxyl groups excluding tert-OH is 1. The molecule has 0 radical (unpaired) electrons. The van der Waals surface area contributed by atoms with Crippen LogP contribution in [0.5, 0.6) is 0 Å². The highest BCUT2D eigenvalue weighted by Crippen LogP contribution is 2.11. The molecule has 0 aliphatic rings. The maximum absolute atomic E-state index is 8.88. The third-order valence-corrected chi connectivity index (χ3v) is 2.56. The van der Waals surface area contributed by atoms with Gasteiger partial charge in [0.05, 0.1) is 0 Å². The van der Waals surface area contributed by atoms with Crippen molar-refractivity contribution in [1.82, 2.24) is 9.97 Å². The van der Waals surface area contributed by atoms with E-state index in [9.17, 15) is 0 Å².